The summed E-state index contributed by atoms with van der Waals surface area (Å²) in [7, 11) is 0. The maximum Gasteiger partial charge on any atom is 0.137 e. The Balaban J connectivity index is 1.81. The van der Waals surface area contributed by atoms with Crippen molar-refractivity contribution in [1.82, 2.24) is 0 Å². The second kappa shape index (κ2) is 5.36. The highest BCUT2D eigenvalue weighted by atomic mass is 16.1. The Kier molecular flexibility index (Phi) is 3.58. The first-order valence-electron chi connectivity index (χ1n) is 7.63. The number of hydrogen-bond donors (Lipinski definition) is 0. The Morgan fingerprint density at radius 2 is 2.00 bits per heavy atom. The largest absolute Gasteiger partial charge is 0.368 e. The lowest BCUT2D eigenvalue weighted by Gasteiger charge is -2.39. The van der Waals surface area contributed by atoms with Gasteiger partial charge in [0, 0.05) is 30.6 Å². The van der Waals surface area contributed by atoms with Gasteiger partial charge in [0.15, 0.2) is 0 Å². The molecule has 1 fully saturated rings. The molecule has 0 saturated heterocycles. The van der Waals surface area contributed by atoms with E-state index in [-0.39, 0.29) is 5.92 Å². The highest BCUT2D eigenvalue weighted by Gasteiger charge is 2.29. The van der Waals surface area contributed by atoms with Crippen molar-refractivity contribution in [1.29, 1.82) is 0 Å². The smallest absolute Gasteiger partial charge is 0.137 e. The first-order chi connectivity index (χ1) is 9.25. The topological polar surface area (TPSA) is 20.3 Å². The van der Waals surface area contributed by atoms with Gasteiger partial charge in [-0.25, -0.2) is 0 Å². The number of hydrogen-bond acceptors (Lipinski definition) is 2. The summed E-state index contributed by atoms with van der Waals surface area (Å²) >= 11 is 0. The summed E-state index contributed by atoms with van der Waals surface area (Å²) in [4.78, 5) is 14.5. The fraction of sp³-hybridized carbons (Fsp3) is 0.588. The summed E-state index contributed by atoms with van der Waals surface area (Å²) in [6.07, 6.45) is 6.59. The van der Waals surface area contributed by atoms with Crippen molar-refractivity contribution >= 4 is 11.5 Å². The number of nitrogens with zero attached hydrogens (tertiary/aromatic N) is 1. The fourth-order valence-electron chi connectivity index (χ4n) is 3.52. The zero-order valence-electron chi connectivity index (χ0n) is 11.8. The van der Waals surface area contributed by atoms with E-state index in [2.05, 4.69) is 36.1 Å². The molecule has 102 valence electrons. The van der Waals surface area contributed by atoms with Crippen LogP contribution in [0.5, 0.6) is 0 Å². The van der Waals surface area contributed by atoms with Crippen molar-refractivity contribution < 1.29 is 4.79 Å². The summed E-state index contributed by atoms with van der Waals surface area (Å²) in [5.41, 5.74) is 2.81. The highest BCUT2D eigenvalue weighted by molar-refractivity contribution is 5.82. The van der Waals surface area contributed by atoms with Gasteiger partial charge in [0.2, 0.25) is 0 Å². The second-order valence-electron chi connectivity index (χ2n) is 6.08. The predicted octanol–water partition coefficient (Wildman–Crippen LogP) is 3.59. The molecule has 2 heteroatoms. The first kappa shape index (κ1) is 12.7. The molecule has 2 unspecified atom stereocenters. The van der Waals surface area contributed by atoms with Crippen LogP contribution in [0.3, 0.4) is 0 Å². The fourth-order valence-corrected chi connectivity index (χ4v) is 3.52. The number of carbonyl (C=O) groups is 1. The van der Waals surface area contributed by atoms with Crippen LogP contribution >= 0.6 is 0 Å². The number of anilines is 1. The number of ketones is 1. The van der Waals surface area contributed by atoms with Crippen LogP contribution < -0.4 is 4.90 Å². The van der Waals surface area contributed by atoms with Gasteiger partial charge < -0.3 is 4.90 Å². The van der Waals surface area contributed by atoms with Crippen LogP contribution in [0.4, 0.5) is 5.69 Å². The van der Waals surface area contributed by atoms with E-state index in [4.69, 9.17) is 0 Å². The quantitative estimate of drug-likeness (QED) is 0.807. The van der Waals surface area contributed by atoms with Crippen molar-refractivity contribution in [2.75, 3.05) is 11.4 Å². The average molecular weight is 257 g/mol. The molecule has 0 bridgehead atoms. The van der Waals surface area contributed by atoms with E-state index in [0.717, 1.165) is 25.8 Å². The lowest BCUT2D eigenvalue weighted by molar-refractivity contribution is -0.124. The number of para-hydroxylation sites is 1. The zero-order chi connectivity index (χ0) is 13.2. The molecular formula is C17H23NO. The van der Waals surface area contributed by atoms with E-state index in [9.17, 15) is 4.79 Å². The molecule has 3 rings (SSSR count). The Labute approximate surface area is 115 Å². The number of fused-ring (bicyclic) bond motifs is 1. The lowest BCUT2D eigenvalue weighted by Crippen LogP contribution is -2.42. The Bertz CT molecular complexity index is 468. The maximum absolute atomic E-state index is 12.1. The van der Waals surface area contributed by atoms with E-state index < -0.39 is 0 Å². The van der Waals surface area contributed by atoms with Crippen molar-refractivity contribution in [3.8, 4) is 0 Å². The van der Waals surface area contributed by atoms with Crippen LogP contribution in [0.2, 0.25) is 0 Å². The minimum atomic E-state index is 0.266. The summed E-state index contributed by atoms with van der Waals surface area (Å²) in [6.45, 7) is 3.22. The van der Waals surface area contributed by atoms with Crippen molar-refractivity contribution in [3.05, 3.63) is 29.8 Å². The summed E-state index contributed by atoms with van der Waals surface area (Å²) in [5, 5.41) is 0. The molecular weight excluding hydrogens is 234 g/mol. The van der Waals surface area contributed by atoms with Crippen molar-refractivity contribution in [2.45, 2.75) is 51.5 Å². The van der Waals surface area contributed by atoms with Crippen LogP contribution in [-0.2, 0) is 11.2 Å². The molecule has 0 aromatic heterocycles. The normalized spacial score (nSPS) is 27.2. The number of benzene rings is 1. The van der Waals surface area contributed by atoms with Gasteiger partial charge in [-0.3, -0.25) is 4.79 Å². The average Bonchev–Trinajstić information content (AvgIpc) is 2.44. The Hall–Kier alpha value is -1.31. The summed E-state index contributed by atoms with van der Waals surface area (Å²) in [6, 6.07) is 9.25. The zero-order valence-corrected chi connectivity index (χ0v) is 11.8. The van der Waals surface area contributed by atoms with E-state index in [1.54, 1.807) is 0 Å². The van der Waals surface area contributed by atoms with Crippen molar-refractivity contribution in [2.24, 2.45) is 5.92 Å². The molecule has 2 aliphatic rings. The van der Waals surface area contributed by atoms with E-state index in [0.29, 0.717) is 11.8 Å². The van der Waals surface area contributed by atoms with Crippen LogP contribution in [0, 0.1) is 5.92 Å². The second-order valence-corrected chi connectivity index (χ2v) is 6.08. The number of aryl methyl sites for hydroxylation is 1. The number of carbonyl (C=O) groups excluding carboxylic acids is 1. The Morgan fingerprint density at radius 3 is 2.84 bits per heavy atom. The third kappa shape index (κ3) is 2.54. The predicted molar refractivity (Wildman–Crippen MR) is 78.5 cm³/mol. The van der Waals surface area contributed by atoms with Gasteiger partial charge in [-0.2, -0.15) is 0 Å². The molecule has 2 nitrogen and oxygen atoms in total. The molecule has 1 aliphatic carbocycles. The Morgan fingerprint density at radius 1 is 1.16 bits per heavy atom. The third-order valence-corrected chi connectivity index (χ3v) is 4.76. The van der Waals surface area contributed by atoms with Gasteiger partial charge >= 0.3 is 0 Å². The van der Waals surface area contributed by atoms with Gasteiger partial charge in [0.1, 0.15) is 5.78 Å². The first-order valence-corrected chi connectivity index (χ1v) is 7.63. The molecule has 1 aromatic carbocycles. The molecule has 1 aromatic rings. The van der Waals surface area contributed by atoms with Gasteiger partial charge in [0.05, 0.1) is 0 Å². The number of rotatable bonds is 2. The molecule has 0 N–H and O–H groups in total. The molecule has 1 aliphatic heterocycles. The summed E-state index contributed by atoms with van der Waals surface area (Å²) in [5.74, 6) is 0.754. The van der Waals surface area contributed by atoms with Gasteiger partial charge in [-0.15, -0.1) is 0 Å². The molecule has 19 heavy (non-hydrogen) atoms. The maximum atomic E-state index is 12.1. The van der Waals surface area contributed by atoms with Crippen molar-refractivity contribution in [3.63, 3.8) is 0 Å². The van der Waals surface area contributed by atoms with E-state index >= 15 is 0 Å². The minimum Gasteiger partial charge on any atom is -0.368 e. The van der Waals surface area contributed by atoms with Crippen LogP contribution in [0.15, 0.2) is 24.3 Å². The molecule has 1 heterocycles. The molecule has 1 saturated carbocycles. The highest BCUT2D eigenvalue weighted by Crippen LogP contribution is 2.32. The molecule has 2 atom stereocenters. The van der Waals surface area contributed by atoms with Gasteiger partial charge in [-0.05, 0) is 44.2 Å². The van der Waals surface area contributed by atoms with Crippen LogP contribution in [0.1, 0.15) is 44.6 Å². The van der Waals surface area contributed by atoms with Crippen LogP contribution in [-0.4, -0.2) is 18.4 Å². The number of Topliss-reactive ketones (excluding diaryl/α,β-unsaturated/α-hetero) is 1. The third-order valence-electron chi connectivity index (χ3n) is 4.76. The van der Waals surface area contributed by atoms with Gasteiger partial charge in [-0.1, -0.05) is 24.6 Å². The molecule has 0 radical (unpaired) electrons. The van der Waals surface area contributed by atoms with E-state index in [1.807, 2.05) is 0 Å². The SMILES string of the molecule is CC1CCc2ccccc2N1CC1CCCCC1=O. The van der Waals surface area contributed by atoms with Crippen LogP contribution in [0.25, 0.3) is 0 Å². The molecule has 0 spiro atoms. The lowest BCUT2D eigenvalue weighted by atomic mass is 9.86. The van der Waals surface area contributed by atoms with E-state index in [1.165, 1.54) is 30.5 Å². The van der Waals surface area contributed by atoms with Gasteiger partial charge in [0.25, 0.3) is 0 Å². The summed E-state index contributed by atoms with van der Waals surface area (Å²) < 4.78 is 0. The minimum absolute atomic E-state index is 0.266. The standard InChI is InChI=1S/C17H23NO/c1-13-10-11-14-6-2-4-8-16(14)18(13)12-15-7-3-5-9-17(15)19/h2,4,6,8,13,15H,3,5,7,9-12H2,1H3. The molecule has 0 amide bonds. The monoisotopic (exact) mass is 257 g/mol.